The number of anilines is 1. The lowest BCUT2D eigenvalue weighted by Gasteiger charge is -2.36. The fourth-order valence-electron chi connectivity index (χ4n) is 4.15. The van der Waals surface area contributed by atoms with Crippen molar-refractivity contribution in [3.05, 3.63) is 88.7 Å². The van der Waals surface area contributed by atoms with Crippen LogP contribution in [-0.4, -0.2) is 30.4 Å². The van der Waals surface area contributed by atoms with Crippen molar-refractivity contribution in [2.75, 3.05) is 18.5 Å². The molecule has 2 aliphatic rings. The Labute approximate surface area is 190 Å². The summed E-state index contributed by atoms with van der Waals surface area (Å²) in [6, 6.07) is 13.1. The number of carbonyl (C=O) groups is 2. The molecule has 0 saturated carbocycles. The maximum atomic E-state index is 12.9. The van der Waals surface area contributed by atoms with Crippen LogP contribution in [0.3, 0.4) is 0 Å². The molecule has 1 unspecified atom stereocenters. The van der Waals surface area contributed by atoms with Gasteiger partial charge in [-0.05, 0) is 47.5 Å². The lowest BCUT2D eigenvalue weighted by atomic mass is 10.0. The fraction of sp³-hybridized carbons (Fsp3) is 0.200. The molecule has 162 valence electrons. The zero-order valence-electron chi connectivity index (χ0n) is 17.5. The summed E-state index contributed by atoms with van der Waals surface area (Å²) in [6.07, 6.45) is 7.37. The van der Waals surface area contributed by atoms with Gasteiger partial charge in [0, 0.05) is 48.6 Å². The third kappa shape index (κ3) is 3.78. The molecule has 7 heteroatoms. The van der Waals surface area contributed by atoms with Crippen molar-refractivity contribution >= 4 is 40.2 Å². The number of amides is 3. The lowest BCUT2D eigenvalue weighted by Crippen LogP contribution is -2.47. The molecule has 1 N–H and O–H groups in total. The van der Waals surface area contributed by atoms with E-state index in [4.69, 9.17) is 16.0 Å². The van der Waals surface area contributed by atoms with Gasteiger partial charge in [0.2, 0.25) is 0 Å². The first kappa shape index (κ1) is 20.4. The highest BCUT2D eigenvalue weighted by molar-refractivity contribution is 6.30. The quantitative estimate of drug-likeness (QED) is 0.595. The van der Waals surface area contributed by atoms with Gasteiger partial charge in [0.25, 0.3) is 5.91 Å². The van der Waals surface area contributed by atoms with E-state index >= 15 is 0 Å². The molecule has 0 saturated heterocycles. The van der Waals surface area contributed by atoms with Gasteiger partial charge >= 0.3 is 6.03 Å². The predicted octanol–water partition coefficient (Wildman–Crippen LogP) is 5.04. The monoisotopic (exact) mass is 447 g/mol. The summed E-state index contributed by atoms with van der Waals surface area (Å²) in [5.41, 5.74) is 4.07. The maximum absolute atomic E-state index is 12.9. The van der Waals surface area contributed by atoms with E-state index in [0.29, 0.717) is 30.2 Å². The van der Waals surface area contributed by atoms with Crippen molar-refractivity contribution in [1.82, 2.24) is 10.2 Å². The molecule has 6 nitrogen and oxygen atoms in total. The van der Waals surface area contributed by atoms with Gasteiger partial charge in [0.1, 0.15) is 5.58 Å². The van der Waals surface area contributed by atoms with Gasteiger partial charge in [-0.1, -0.05) is 35.9 Å². The molecule has 5 rings (SSSR count). The summed E-state index contributed by atoms with van der Waals surface area (Å²) >= 11 is 6.30. The zero-order chi connectivity index (χ0) is 22.2. The van der Waals surface area contributed by atoms with Gasteiger partial charge in [-0.2, -0.15) is 0 Å². The molecule has 3 amide bonds. The second kappa shape index (κ2) is 8.20. The molecule has 0 radical (unpaired) electrons. The van der Waals surface area contributed by atoms with E-state index in [-0.39, 0.29) is 17.9 Å². The van der Waals surface area contributed by atoms with Crippen LogP contribution in [0.1, 0.15) is 21.5 Å². The average Bonchev–Trinajstić information content (AvgIpc) is 3.43. The number of hydrogen-bond donors (Lipinski definition) is 1. The van der Waals surface area contributed by atoms with E-state index in [1.54, 1.807) is 35.2 Å². The Hall–Kier alpha value is -3.51. The molecular weight excluding hydrogens is 426 g/mol. The highest BCUT2D eigenvalue weighted by atomic mass is 35.5. The first-order valence-corrected chi connectivity index (χ1v) is 10.8. The Balaban J connectivity index is 1.36. The van der Waals surface area contributed by atoms with E-state index in [1.807, 2.05) is 48.6 Å². The number of nitrogens with one attached hydrogen (secondary N) is 1. The van der Waals surface area contributed by atoms with Crippen LogP contribution in [0.5, 0.6) is 0 Å². The number of benzene rings is 2. The van der Waals surface area contributed by atoms with Crippen LogP contribution >= 0.6 is 11.6 Å². The average molecular weight is 448 g/mol. The van der Waals surface area contributed by atoms with Crippen molar-refractivity contribution in [2.45, 2.75) is 13.1 Å². The first-order valence-electron chi connectivity index (χ1n) is 10.4. The molecule has 32 heavy (non-hydrogen) atoms. The fourth-order valence-corrected chi connectivity index (χ4v) is 4.37. The molecule has 0 fully saturated rings. The Morgan fingerprint density at radius 2 is 2.09 bits per heavy atom. The molecular formula is C25H22ClN3O3. The van der Waals surface area contributed by atoms with Crippen LogP contribution in [0.15, 0.2) is 76.4 Å². The number of urea groups is 1. The van der Waals surface area contributed by atoms with Gasteiger partial charge in [0.05, 0.1) is 12.0 Å². The van der Waals surface area contributed by atoms with E-state index < -0.39 is 0 Å². The summed E-state index contributed by atoms with van der Waals surface area (Å²) < 4.78 is 5.36. The van der Waals surface area contributed by atoms with Crippen molar-refractivity contribution < 1.29 is 14.0 Å². The second-order valence-corrected chi connectivity index (χ2v) is 8.55. The largest absolute Gasteiger partial charge is 0.464 e. The molecule has 0 spiro atoms. The van der Waals surface area contributed by atoms with Crippen LogP contribution in [0.25, 0.3) is 11.0 Å². The van der Waals surface area contributed by atoms with Crippen LogP contribution in [-0.2, 0) is 13.1 Å². The number of rotatable bonds is 5. The number of hydrogen-bond acceptors (Lipinski definition) is 3. The maximum Gasteiger partial charge on any atom is 0.324 e. The van der Waals surface area contributed by atoms with Gasteiger partial charge in [0.15, 0.2) is 0 Å². The highest BCUT2D eigenvalue weighted by Crippen LogP contribution is 2.33. The molecule has 1 atom stereocenters. The molecule has 1 aliphatic carbocycles. The normalized spacial score (nSPS) is 17.6. The Kier molecular flexibility index (Phi) is 5.23. The van der Waals surface area contributed by atoms with Gasteiger partial charge < -0.3 is 14.6 Å². The van der Waals surface area contributed by atoms with Gasteiger partial charge in [-0.25, -0.2) is 4.79 Å². The first-order chi connectivity index (χ1) is 15.5. The number of fused-ring (bicyclic) bond motifs is 2. The van der Waals surface area contributed by atoms with Crippen molar-refractivity contribution in [2.24, 2.45) is 5.92 Å². The Bertz CT molecular complexity index is 1280. The number of carbonyl (C=O) groups excluding carboxylic acids is 2. The van der Waals surface area contributed by atoms with Crippen molar-refractivity contribution in [1.29, 1.82) is 0 Å². The highest BCUT2D eigenvalue weighted by Gasteiger charge is 2.31. The minimum absolute atomic E-state index is 0.0460. The summed E-state index contributed by atoms with van der Waals surface area (Å²) in [5, 5.41) is 4.67. The van der Waals surface area contributed by atoms with E-state index in [9.17, 15) is 9.59 Å². The zero-order valence-corrected chi connectivity index (χ0v) is 18.3. The van der Waals surface area contributed by atoms with Crippen LogP contribution in [0.4, 0.5) is 10.5 Å². The standard InChI is InChI=1S/C25H22ClN3O3/c1-28-14-20-7-6-18(12-22(20)29(25(28)31)15-19-3-2-4-21(19)26)24(30)27-13-16-5-8-23-17(11-16)9-10-32-23/h2-12,19H,13-15H2,1H3,(H,27,30). The minimum atomic E-state index is -0.190. The third-order valence-electron chi connectivity index (χ3n) is 5.91. The van der Waals surface area contributed by atoms with Gasteiger partial charge in [-0.3, -0.25) is 9.69 Å². The molecule has 1 aliphatic heterocycles. The summed E-state index contributed by atoms with van der Waals surface area (Å²) in [6.45, 7) is 1.33. The van der Waals surface area contributed by atoms with Gasteiger partial charge in [-0.15, -0.1) is 0 Å². The number of furan rings is 1. The van der Waals surface area contributed by atoms with E-state index in [2.05, 4.69) is 5.32 Å². The summed E-state index contributed by atoms with van der Waals surface area (Å²) in [5.74, 6) is -0.236. The van der Waals surface area contributed by atoms with Crippen molar-refractivity contribution in [3.63, 3.8) is 0 Å². The minimum Gasteiger partial charge on any atom is -0.464 e. The number of halogens is 1. The van der Waals surface area contributed by atoms with E-state index in [0.717, 1.165) is 27.8 Å². The van der Waals surface area contributed by atoms with Crippen LogP contribution in [0.2, 0.25) is 0 Å². The molecule has 3 aromatic rings. The second-order valence-electron chi connectivity index (χ2n) is 8.11. The molecule has 2 aromatic carbocycles. The number of allylic oxidation sites excluding steroid dienone is 2. The smallest absolute Gasteiger partial charge is 0.324 e. The molecule has 0 bridgehead atoms. The topological polar surface area (TPSA) is 65.8 Å². The van der Waals surface area contributed by atoms with Crippen molar-refractivity contribution in [3.8, 4) is 0 Å². The Morgan fingerprint density at radius 1 is 1.22 bits per heavy atom. The van der Waals surface area contributed by atoms with E-state index in [1.165, 1.54) is 0 Å². The van der Waals surface area contributed by atoms with Crippen LogP contribution in [0, 0.1) is 5.92 Å². The summed E-state index contributed by atoms with van der Waals surface area (Å²) in [7, 11) is 1.78. The molecule has 1 aromatic heterocycles. The Morgan fingerprint density at radius 3 is 2.91 bits per heavy atom. The summed E-state index contributed by atoms with van der Waals surface area (Å²) in [4.78, 5) is 29.2. The lowest BCUT2D eigenvalue weighted by molar-refractivity contribution is 0.0950. The van der Waals surface area contributed by atoms with Crippen LogP contribution < -0.4 is 10.2 Å². The number of nitrogens with zero attached hydrogens (tertiary/aromatic N) is 2. The predicted molar refractivity (Wildman–Crippen MR) is 125 cm³/mol. The third-order valence-corrected chi connectivity index (χ3v) is 6.31. The SMILES string of the molecule is CN1Cc2ccc(C(=O)NCc3ccc4occc4c3)cc2N(CC2C=CC=C2Cl)C1=O. The molecule has 2 heterocycles.